The summed E-state index contributed by atoms with van der Waals surface area (Å²) in [6.45, 7) is 0. The van der Waals surface area contributed by atoms with Gasteiger partial charge >= 0.3 is 81.5 Å². The molecule has 0 saturated heterocycles. The molecule has 2 N–H and O–H groups in total. The predicted octanol–water partition coefficient (Wildman–Crippen LogP) is -5.90. The molecule has 0 saturated carbocycles. The van der Waals surface area contributed by atoms with Crippen molar-refractivity contribution in [2.75, 3.05) is 10.6 Å². The molecular formula is C33H20Li4N6O13S4. The molecule has 0 spiro atoms. The van der Waals surface area contributed by atoms with Crippen LogP contribution in [0, 0.1) is 0 Å². The van der Waals surface area contributed by atoms with Crippen molar-refractivity contribution in [3.05, 3.63) is 109 Å². The zero-order chi connectivity index (χ0) is 40.6. The van der Waals surface area contributed by atoms with Crippen LogP contribution in [0.3, 0.4) is 0 Å². The van der Waals surface area contributed by atoms with Crippen LogP contribution in [0.25, 0.3) is 21.5 Å². The van der Waals surface area contributed by atoms with Crippen LogP contribution in [0.1, 0.15) is 0 Å². The van der Waals surface area contributed by atoms with E-state index in [9.17, 15) is 56.7 Å². The molecule has 19 nitrogen and oxygen atoms in total. The van der Waals surface area contributed by atoms with Crippen molar-refractivity contribution < 1.29 is 132 Å². The van der Waals surface area contributed by atoms with Gasteiger partial charge in [-0.15, -0.1) is 0 Å². The van der Waals surface area contributed by atoms with E-state index in [1.54, 1.807) is 0 Å². The van der Waals surface area contributed by atoms with Crippen molar-refractivity contribution in [3.63, 3.8) is 0 Å². The molecule has 60 heavy (non-hydrogen) atoms. The van der Waals surface area contributed by atoms with E-state index in [1.165, 1.54) is 60.7 Å². The molecule has 0 aliphatic carbocycles. The summed E-state index contributed by atoms with van der Waals surface area (Å²) in [6, 6.07) is 21.3. The van der Waals surface area contributed by atoms with Gasteiger partial charge in [-0.2, -0.15) is 20.5 Å². The molecule has 0 unspecified atom stereocenters. The monoisotopic (exact) mass is 864 g/mol. The van der Waals surface area contributed by atoms with Crippen LogP contribution in [0.5, 0.6) is 0 Å². The van der Waals surface area contributed by atoms with Gasteiger partial charge in [0.2, 0.25) is 0 Å². The van der Waals surface area contributed by atoms with Crippen LogP contribution in [-0.4, -0.2) is 57.9 Å². The average molecular weight is 865 g/mol. The molecular weight excluding hydrogens is 844 g/mol. The van der Waals surface area contributed by atoms with E-state index in [-0.39, 0.29) is 120 Å². The molecule has 0 aliphatic rings. The molecule has 0 radical (unpaired) electrons. The first-order valence-corrected chi connectivity index (χ1v) is 20.9. The van der Waals surface area contributed by atoms with E-state index in [2.05, 4.69) is 31.1 Å². The van der Waals surface area contributed by atoms with Gasteiger partial charge in [-0.3, -0.25) is 0 Å². The maximum atomic E-state index is 12.6. The number of amides is 2. The summed E-state index contributed by atoms with van der Waals surface area (Å²) in [6.07, 6.45) is 0. The SMILES string of the molecule is O=C(Nc1ccc(N=Nc2cc(S(=O)(=O)[O-])c3cccc(S(=O)(=O)[O-])c3c2)cc1)Nc1ccc(N=Nc2cc(S(=O)(=O)[O-])c3cccc(S(=O)(=O)[O-])c3c2)cc1.[Li+].[Li+].[Li+].[Li+]. The van der Waals surface area contributed by atoms with Gasteiger partial charge in [0.1, 0.15) is 40.5 Å². The number of carbonyl (C=O) groups excluding carboxylic acids is 1. The molecule has 6 aromatic carbocycles. The molecule has 288 valence electrons. The first kappa shape index (κ1) is 52.5. The maximum absolute atomic E-state index is 12.6. The molecule has 6 aromatic rings. The van der Waals surface area contributed by atoms with Crippen molar-refractivity contribution in [2.24, 2.45) is 20.5 Å². The second kappa shape index (κ2) is 20.5. The number of hydrogen-bond donors (Lipinski definition) is 2. The molecule has 0 atom stereocenters. The smallest absolute Gasteiger partial charge is 0.744 e. The van der Waals surface area contributed by atoms with Crippen LogP contribution in [-0.2, 0) is 40.5 Å². The van der Waals surface area contributed by atoms with Crippen molar-refractivity contribution in [1.82, 2.24) is 0 Å². The quantitative estimate of drug-likeness (QED) is 0.0737. The third kappa shape index (κ3) is 12.7. The molecule has 0 aliphatic heterocycles. The Morgan fingerprint density at radius 1 is 0.383 bits per heavy atom. The fourth-order valence-electron chi connectivity index (χ4n) is 5.33. The summed E-state index contributed by atoms with van der Waals surface area (Å²) >= 11 is 0. The first-order chi connectivity index (χ1) is 26.2. The van der Waals surface area contributed by atoms with Crippen LogP contribution in [0.4, 0.5) is 38.9 Å². The molecule has 0 aromatic heterocycles. The summed E-state index contributed by atoms with van der Waals surface area (Å²) in [5.74, 6) is 0. The Kier molecular flexibility index (Phi) is 17.9. The van der Waals surface area contributed by atoms with E-state index in [0.717, 1.165) is 48.5 Å². The van der Waals surface area contributed by atoms with Crippen LogP contribution in [0.2, 0.25) is 0 Å². The number of nitrogens with one attached hydrogen (secondary N) is 2. The molecule has 0 bridgehead atoms. The zero-order valence-corrected chi connectivity index (χ0v) is 34.9. The van der Waals surface area contributed by atoms with Gasteiger partial charge in [-0.1, -0.05) is 24.3 Å². The summed E-state index contributed by atoms with van der Waals surface area (Å²) < 4.78 is 142. The Morgan fingerprint density at radius 2 is 0.683 bits per heavy atom. The number of fused-ring (bicyclic) bond motifs is 2. The number of anilines is 2. The third-order valence-corrected chi connectivity index (χ3v) is 11.2. The minimum atomic E-state index is -5.12. The van der Waals surface area contributed by atoms with Crippen molar-refractivity contribution in [1.29, 1.82) is 0 Å². The van der Waals surface area contributed by atoms with E-state index in [1.807, 2.05) is 0 Å². The Balaban J connectivity index is 0.00000310. The summed E-state index contributed by atoms with van der Waals surface area (Å²) in [4.78, 5) is 9.53. The van der Waals surface area contributed by atoms with Gasteiger partial charge in [-0.25, -0.2) is 38.5 Å². The van der Waals surface area contributed by atoms with Gasteiger partial charge in [0.05, 0.1) is 42.3 Å². The first-order valence-electron chi connectivity index (χ1n) is 15.3. The van der Waals surface area contributed by atoms with E-state index in [0.29, 0.717) is 11.4 Å². The Hall–Kier alpha value is -3.66. The largest absolute Gasteiger partial charge is 1.00 e. The minimum absolute atomic E-state index is 0. The second-order valence-electron chi connectivity index (χ2n) is 11.5. The summed E-state index contributed by atoms with van der Waals surface area (Å²) in [5, 5.41) is 19.6. The number of nitrogens with zero attached hydrogens (tertiary/aromatic N) is 4. The zero-order valence-electron chi connectivity index (χ0n) is 31.6. The Bertz CT molecular complexity index is 2900. The molecule has 27 heteroatoms. The van der Waals surface area contributed by atoms with E-state index < -0.39 is 66.1 Å². The fourth-order valence-corrected chi connectivity index (χ4v) is 8.12. The number of benzene rings is 6. The van der Waals surface area contributed by atoms with Crippen LogP contribution in [0.15, 0.2) is 149 Å². The Labute approximate surface area is 390 Å². The topological polar surface area (TPSA) is 319 Å². The predicted molar refractivity (Wildman–Crippen MR) is 194 cm³/mol. The second-order valence-corrected chi connectivity index (χ2v) is 16.9. The molecule has 2 amide bonds. The van der Waals surface area contributed by atoms with Crippen molar-refractivity contribution in [2.45, 2.75) is 19.6 Å². The number of rotatable bonds is 10. The standard InChI is InChI=1S/C33H24N6O13S4.4Li/c40-33(34-19-7-11-21(12-8-19)36-38-23-15-27-25(31(17-23)55(47,48)49)3-1-5-29(27)53(41,42)43)35-20-9-13-22(14-10-20)37-39-24-16-28-26(32(18-24)56(50,51)52)4-2-6-30(28)54(44,45)46;;;;/h1-18H,(H2,34,35,40)(H,41,42,43)(H,44,45,46)(H,47,48,49)(H,50,51,52);;;;/q;4*+1/p-4. The van der Waals surface area contributed by atoms with Gasteiger partial charge in [0.25, 0.3) is 0 Å². The normalized spacial score (nSPS) is 11.9. The van der Waals surface area contributed by atoms with Gasteiger partial charge < -0.3 is 28.8 Å². The Morgan fingerprint density at radius 3 is 0.983 bits per heavy atom. The van der Waals surface area contributed by atoms with Gasteiger partial charge in [-0.05, 0) is 84.9 Å². The van der Waals surface area contributed by atoms with Crippen LogP contribution < -0.4 is 86.1 Å². The van der Waals surface area contributed by atoms with Crippen molar-refractivity contribution in [3.8, 4) is 0 Å². The molecule has 0 fully saturated rings. The average Bonchev–Trinajstić information content (AvgIpc) is 3.11. The molecule has 0 heterocycles. The third-order valence-electron chi connectivity index (χ3n) is 7.70. The number of urea groups is 1. The molecule has 6 rings (SSSR count). The van der Waals surface area contributed by atoms with Gasteiger partial charge in [0.15, 0.2) is 0 Å². The summed E-state index contributed by atoms with van der Waals surface area (Å²) in [5.41, 5.74) is 0.518. The maximum Gasteiger partial charge on any atom is 1.00 e. The van der Waals surface area contributed by atoms with Crippen LogP contribution >= 0.6 is 0 Å². The fraction of sp³-hybridized carbons (Fsp3) is 0. The number of azo groups is 2. The van der Waals surface area contributed by atoms with Gasteiger partial charge in [0, 0.05) is 32.9 Å². The van der Waals surface area contributed by atoms with E-state index in [4.69, 9.17) is 0 Å². The van der Waals surface area contributed by atoms with E-state index >= 15 is 0 Å². The van der Waals surface area contributed by atoms with Crippen molar-refractivity contribution >= 4 is 102 Å². The summed E-state index contributed by atoms with van der Waals surface area (Å²) in [7, 11) is -20.3. The number of carbonyl (C=O) groups is 1. The number of hydrogen-bond acceptors (Lipinski definition) is 17. The minimum Gasteiger partial charge on any atom is -0.744 e.